The summed E-state index contributed by atoms with van der Waals surface area (Å²) in [5, 5.41) is 12.3. The Morgan fingerprint density at radius 1 is 1.31 bits per heavy atom. The molecule has 0 aliphatic rings. The zero-order valence-corrected chi connectivity index (χ0v) is 9.86. The Hall–Kier alpha value is 0.270. The smallest absolute Gasteiger partial charge is 0.0464 e. The Morgan fingerprint density at radius 2 is 2.00 bits per heavy atom. The first-order chi connectivity index (χ1) is 6.24. The van der Waals surface area contributed by atoms with Gasteiger partial charge in [0.1, 0.15) is 0 Å². The number of rotatable bonds is 8. The molecule has 2 nitrogen and oxygen atoms in total. The second-order valence-corrected chi connectivity index (χ2v) is 4.56. The first kappa shape index (κ1) is 13.3. The van der Waals surface area contributed by atoms with Crippen LogP contribution in [-0.2, 0) is 0 Å². The fourth-order valence-corrected chi connectivity index (χ4v) is 2.36. The fourth-order valence-electron chi connectivity index (χ4n) is 1.07. The molecule has 0 amide bonds. The summed E-state index contributed by atoms with van der Waals surface area (Å²) in [6.45, 7) is 7.80. The largest absolute Gasteiger partial charge is 0.396 e. The highest BCUT2D eigenvalue weighted by atomic mass is 32.2. The van der Waals surface area contributed by atoms with Gasteiger partial charge in [0.05, 0.1) is 0 Å². The van der Waals surface area contributed by atoms with Crippen LogP contribution in [0, 0.1) is 5.92 Å². The lowest BCUT2D eigenvalue weighted by Gasteiger charge is -2.16. The average molecular weight is 205 g/mol. The van der Waals surface area contributed by atoms with Gasteiger partial charge in [-0.3, -0.25) is 0 Å². The van der Waals surface area contributed by atoms with E-state index in [1.54, 1.807) is 0 Å². The summed E-state index contributed by atoms with van der Waals surface area (Å²) < 4.78 is 0. The molecule has 0 aliphatic heterocycles. The van der Waals surface area contributed by atoms with Crippen molar-refractivity contribution in [3.8, 4) is 0 Å². The quantitative estimate of drug-likeness (QED) is 0.633. The fraction of sp³-hybridized carbons (Fsp3) is 1.00. The summed E-state index contributed by atoms with van der Waals surface area (Å²) in [6.07, 6.45) is 1.19. The van der Waals surface area contributed by atoms with Gasteiger partial charge in [0.2, 0.25) is 0 Å². The van der Waals surface area contributed by atoms with Gasteiger partial charge in [0, 0.05) is 18.4 Å². The third-order valence-corrected chi connectivity index (χ3v) is 3.46. The maximum absolute atomic E-state index is 8.83. The third kappa shape index (κ3) is 7.35. The molecule has 2 unspecified atom stereocenters. The summed E-state index contributed by atoms with van der Waals surface area (Å²) in [7, 11) is 0. The lowest BCUT2D eigenvalue weighted by molar-refractivity contribution is 0.250. The molecule has 0 rings (SSSR count). The van der Waals surface area contributed by atoms with Crippen LogP contribution in [0.3, 0.4) is 0 Å². The zero-order chi connectivity index (χ0) is 10.1. The first-order valence-electron chi connectivity index (χ1n) is 5.16. The summed E-state index contributed by atoms with van der Waals surface area (Å²) in [5.41, 5.74) is 0. The van der Waals surface area contributed by atoms with Crippen LogP contribution in [0.15, 0.2) is 0 Å². The maximum Gasteiger partial charge on any atom is 0.0464 e. The summed E-state index contributed by atoms with van der Waals surface area (Å²) in [4.78, 5) is 0. The molecule has 3 heteroatoms. The first-order valence-corrected chi connectivity index (χ1v) is 6.32. The van der Waals surface area contributed by atoms with E-state index in [-0.39, 0.29) is 0 Å². The SMILES string of the molecule is CCNC(CC)CSCC(C)CO. The Morgan fingerprint density at radius 3 is 2.46 bits per heavy atom. The monoisotopic (exact) mass is 205 g/mol. The molecule has 0 saturated carbocycles. The minimum Gasteiger partial charge on any atom is -0.396 e. The van der Waals surface area contributed by atoms with Crippen LogP contribution < -0.4 is 5.32 Å². The minimum atomic E-state index is 0.311. The third-order valence-electron chi connectivity index (χ3n) is 2.02. The van der Waals surface area contributed by atoms with Crippen molar-refractivity contribution in [2.45, 2.75) is 33.2 Å². The highest BCUT2D eigenvalue weighted by Gasteiger charge is 2.05. The molecule has 80 valence electrons. The second-order valence-electron chi connectivity index (χ2n) is 3.49. The van der Waals surface area contributed by atoms with Crippen LogP contribution in [0.25, 0.3) is 0 Å². The molecule has 0 radical (unpaired) electrons. The molecule has 0 saturated heterocycles. The zero-order valence-electron chi connectivity index (χ0n) is 9.05. The van der Waals surface area contributed by atoms with Gasteiger partial charge in [-0.15, -0.1) is 0 Å². The van der Waals surface area contributed by atoms with Crippen molar-refractivity contribution in [1.82, 2.24) is 5.32 Å². The van der Waals surface area contributed by atoms with Crippen molar-refractivity contribution in [2.75, 3.05) is 24.7 Å². The predicted octanol–water partition coefficient (Wildman–Crippen LogP) is 1.74. The molecule has 0 spiro atoms. The molecule has 0 aromatic heterocycles. The van der Waals surface area contributed by atoms with Gasteiger partial charge in [-0.1, -0.05) is 20.8 Å². The van der Waals surface area contributed by atoms with E-state index in [1.165, 1.54) is 6.42 Å². The number of nitrogens with one attached hydrogen (secondary N) is 1. The van der Waals surface area contributed by atoms with Gasteiger partial charge >= 0.3 is 0 Å². The van der Waals surface area contributed by atoms with E-state index in [1.807, 2.05) is 11.8 Å². The second kappa shape index (κ2) is 8.85. The van der Waals surface area contributed by atoms with Crippen molar-refractivity contribution >= 4 is 11.8 Å². The number of aliphatic hydroxyl groups is 1. The van der Waals surface area contributed by atoms with Crippen LogP contribution in [0.4, 0.5) is 0 Å². The van der Waals surface area contributed by atoms with Crippen LogP contribution in [0.2, 0.25) is 0 Å². The summed E-state index contributed by atoms with van der Waals surface area (Å²) >= 11 is 1.94. The normalized spacial score (nSPS) is 15.7. The highest BCUT2D eigenvalue weighted by molar-refractivity contribution is 7.99. The van der Waals surface area contributed by atoms with Gasteiger partial charge in [-0.2, -0.15) is 11.8 Å². The Balaban J connectivity index is 3.37. The van der Waals surface area contributed by atoms with E-state index in [0.717, 1.165) is 18.1 Å². The van der Waals surface area contributed by atoms with Crippen LogP contribution in [0.1, 0.15) is 27.2 Å². The molecule has 0 bridgehead atoms. The van der Waals surface area contributed by atoms with Gasteiger partial charge in [-0.05, 0) is 24.6 Å². The van der Waals surface area contributed by atoms with E-state index in [4.69, 9.17) is 5.11 Å². The lowest BCUT2D eigenvalue weighted by Crippen LogP contribution is -2.30. The topological polar surface area (TPSA) is 32.3 Å². The molecule has 0 aromatic rings. The molecule has 0 fully saturated rings. The molecule has 2 N–H and O–H groups in total. The molecule has 2 atom stereocenters. The molecule has 0 aliphatic carbocycles. The van der Waals surface area contributed by atoms with Crippen LogP contribution >= 0.6 is 11.8 Å². The standard InChI is InChI=1S/C10H23NOS/c1-4-10(11-5-2)8-13-7-9(3)6-12/h9-12H,4-8H2,1-3H3. The van der Waals surface area contributed by atoms with Crippen molar-refractivity contribution in [3.05, 3.63) is 0 Å². The Bertz CT molecular complexity index is 111. The minimum absolute atomic E-state index is 0.311. The summed E-state index contributed by atoms with van der Waals surface area (Å²) in [5.74, 6) is 2.66. The number of hydrogen-bond acceptors (Lipinski definition) is 3. The summed E-state index contributed by atoms with van der Waals surface area (Å²) in [6, 6.07) is 0.640. The van der Waals surface area contributed by atoms with Gasteiger partial charge < -0.3 is 10.4 Å². The van der Waals surface area contributed by atoms with Gasteiger partial charge in [0.15, 0.2) is 0 Å². The molecular formula is C10H23NOS. The van der Waals surface area contributed by atoms with E-state index < -0.39 is 0 Å². The van der Waals surface area contributed by atoms with Gasteiger partial charge in [-0.25, -0.2) is 0 Å². The van der Waals surface area contributed by atoms with E-state index in [9.17, 15) is 0 Å². The molecule has 13 heavy (non-hydrogen) atoms. The van der Waals surface area contributed by atoms with Crippen LogP contribution in [0.5, 0.6) is 0 Å². The predicted molar refractivity (Wildman–Crippen MR) is 61.3 cm³/mol. The maximum atomic E-state index is 8.83. The molecular weight excluding hydrogens is 182 g/mol. The van der Waals surface area contributed by atoms with Crippen molar-refractivity contribution < 1.29 is 5.11 Å². The highest BCUT2D eigenvalue weighted by Crippen LogP contribution is 2.10. The molecule has 0 aromatic carbocycles. The Kier molecular flexibility index (Phi) is 9.03. The number of aliphatic hydroxyl groups excluding tert-OH is 1. The number of hydrogen-bond donors (Lipinski definition) is 2. The van der Waals surface area contributed by atoms with E-state index in [2.05, 4.69) is 26.1 Å². The van der Waals surface area contributed by atoms with Crippen molar-refractivity contribution in [3.63, 3.8) is 0 Å². The van der Waals surface area contributed by atoms with E-state index in [0.29, 0.717) is 18.6 Å². The number of thioether (sulfide) groups is 1. The Labute approximate surface area is 86.5 Å². The van der Waals surface area contributed by atoms with Crippen molar-refractivity contribution in [2.24, 2.45) is 5.92 Å². The average Bonchev–Trinajstić information content (AvgIpc) is 2.16. The van der Waals surface area contributed by atoms with Crippen LogP contribution in [-0.4, -0.2) is 35.8 Å². The molecule has 0 heterocycles. The lowest BCUT2D eigenvalue weighted by atomic mass is 10.2. The van der Waals surface area contributed by atoms with Crippen molar-refractivity contribution in [1.29, 1.82) is 0 Å². The van der Waals surface area contributed by atoms with E-state index >= 15 is 0 Å². The van der Waals surface area contributed by atoms with Gasteiger partial charge in [0.25, 0.3) is 0 Å².